The SMILES string of the molecule is CC(C)=CC(=O)OC1C(O)c2c(ccc3ccc(=O)oc23)OC1(C)C. The van der Waals surface area contributed by atoms with E-state index >= 15 is 0 Å². The first-order valence-corrected chi connectivity index (χ1v) is 7.98. The number of allylic oxidation sites excluding steroid dienone is 1. The van der Waals surface area contributed by atoms with Crippen LogP contribution in [0, 0.1) is 0 Å². The number of hydrogen-bond acceptors (Lipinski definition) is 6. The highest BCUT2D eigenvalue weighted by atomic mass is 16.6. The van der Waals surface area contributed by atoms with Gasteiger partial charge in [-0.15, -0.1) is 0 Å². The van der Waals surface area contributed by atoms with Crippen molar-refractivity contribution in [1.29, 1.82) is 0 Å². The molecule has 0 amide bonds. The van der Waals surface area contributed by atoms with E-state index in [4.69, 9.17) is 13.9 Å². The summed E-state index contributed by atoms with van der Waals surface area (Å²) in [6, 6.07) is 6.37. The summed E-state index contributed by atoms with van der Waals surface area (Å²) in [6.07, 6.45) is -0.802. The Morgan fingerprint density at radius 2 is 1.92 bits per heavy atom. The maximum Gasteiger partial charge on any atom is 0.336 e. The molecule has 0 spiro atoms. The standard InChI is InChI=1S/C19H20O6/c1-10(2)9-14(21)24-18-16(22)15-12(25-19(18,3)4)7-5-11-6-8-13(20)23-17(11)15/h5-9,16,18,22H,1-4H3. The van der Waals surface area contributed by atoms with Crippen LogP contribution in [0.3, 0.4) is 0 Å². The van der Waals surface area contributed by atoms with Gasteiger partial charge in [-0.2, -0.15) is 0 Å². The zero-order valence-corrected chi connectivity index (χ0v) is 14.5. The van der Waals surface area contributed by atoms with Gasteiger partial charge in [0.25, 0.3) is 0 Å². The minimum absolute atomic E-state index is 0.233. The minimum Gasteiger partial charge on any atom is -0.483 e. The van der Waals surface area contributed by atoms with Gasteiger partial charge in [0.15, 0.2) is 6.10 Å². The molecule has 0 bridgehead atoms. The average Bonchev–Trinajstić information content (AvgIpc) is 2.49. The van der Waals surface area contributed by atoms with Gasteiger partial charge in [-0.1, -0.05) is 5.57 Å². The monoisotopic (exact) mass is 344 g/mol. The lowest BCUT2D eigenvalue weighted by molar-refractivity contribution is -0.172. The molecule has 1 aliphatic rings. The summed E-state index contributed by atoms with van der Waals surface area (Å²) < 4.78 is 16.7. The van der Waals surface area contributed by atoms with E-state index in [1.165, 1.54) is 12.1 Å². The molecular formula is C19H20O6. The van der Waals surface area contributed by atoms with Crippen molar-refractivity contribution in [3.63, 3.8) is 0 Å². The predicted molar refractivity (Wildman–Crippen MR) is 91.5 cm³/mol. The number of esters is 1. The molecule has 2 unspecified atom stereocenters. The lowest BCUT2D eigenvalue weighted by Gasteiger charge is -2.41. The summed E-state index contributed by atoms with van der Waals surface area (Å²) >= 11 is 0. The molecule has 1 aromatic heterocycles. The molecule has 1 aliphatic heterocycles. The lowest BCUT2D eigenvalue weighted by Crippen LogP contribution is -2.51. The highest BCUT2D eigenvalue weighted by Gasteiger charge is 2.47. The zero-order valence-electron chi connectivity index (χ0n) is 14.5. The third-order valence-corrected chi connectivity index (χ3v) is 4.08. The van der Waals surface area contributed by atoms with Crippen molar-refractivity contribution in [2.24, 2.45) is 0 Å². The van der Waals surface area contributed by atoms with Crippen LogP contribution in [0.25, 0.3) is 11.0 Å². The maximum atomic E-state index is 12.0. The summed E-state index contributed by atoms with van der Waals surface area (Å²) in [6.45, 7) is 7.01. The zero-order chi connectivity index (χ0) is 18.4. The van der Waals surface area contributed by atoms with Crippen molar-refractivity contribution >= 4 is 16.9 Å². The van der Waals surface area contributed by atoms with Crippen molar-refractivity contribution < 1.29 is 23.8 Å². The van der Waals surface area contributed by atoms with Gasteiger partial charge in [0, 0.05) is 17.5 Å². The van der Waals surface area contributed by atoms with E-state index in [2.05, 4.69) is 0 Å². The number of carbonyl (C=O) groups excluding carboxylic acids is 1. The molecule has 2 heterocycles. The quantitative estimate of drug-likeness (QED) is 0.512. The van der Waals surface area contributed by atoms with Crippen molar-refractivity contribution in [2.75, 3.05) is 0 Å². The summed E-state index contributed by atoms with van der Waals surface area (Å²) in [5.74, 6) is -0.167. The van der Waals surface area contributed by atoms with E-state index in [1.54, 1.807) is 45.9 Å². The van der Waals surface area contributed by atoms with Gasteiger partial charge in [-0.05, 0) is 45.9 Å². The number of benzene rings is 1. The Morgan fingerprint density at radius 3 is 2.60 bits per heavy atom. The molecule has 1 aromatic carbocycles. The fourth-order valence-electron chi connectivity index (χ4n) is 2.98. The Hall–Kier alpha value is -2.60. The number of fused-ring (bicyclic) bond motifs is 3. The second-order valence-corrected chi connectivity index (χ2v) is 6.88. The van der Waals surface area contributed by atoms with Crippen LogP contribution in [0.4, 0.5) is 0 Å². The molecule has 0 aliphatic carbocycles. The predicted octanol–water partition coefficient (Wildman–Crippen LogP) is 2.88. The molecule has 2 aromatic rings. The fraction of sp³-hybridized carbons (Fsp3) is 0.368. The largest absolute Gasteiger partial charge is 0.483 e. The van der Waals surface area contributed by atoms with Crippen LogP contribution in [0.15, 0.2) is 45.1 Å². The first kappa shape index (κ1) is 17.2. The molecule has 0 radical (unpaired) electrons. The van der Waals surface area contributed by atoms with E-state index in [0.717, 1.165) is 5.57 Å². The molecule has 0 fully saturated rings. The second kappa shape index (κ2) is 6.04. The van der Waals surface area contributed by atoms with Crippen LogP contribution in [-0.4, -0.2) is 22.8 Å². The number of aliphatic hydroxyl groups is 1. The Bertz CT molecular complexity index is 917. The third kappa shape index (κ3) is 3.17. The third-order valence-electron chi connectivity index (χ3n) is 4.08. The highest BCUT2D eigenvalue weighted by Crippen LogP contribution is 2.44. The Labute approximate surface area is 144 Å². The number of rotatable bonds is 2. The first-order chi connectivity index (χ1) is 11.7. The molecule has 25 heavy (non-hydrogen) atoms. The normalized spacial score (nSPS) is 21.2. The van der Waals surface area contributed by atoms with E-state index in [-0.39, 0.29) is 5.58 Å². The minimum atomic E-state index is -1.19. The molecule has 6 heteroatoms. The van der Waals surface area contributed by atoms with Gasteiger partial charge in [0.1, 0.15) is 23.0 Å². The molecule has 0 saturated heterocycles. The van der Waals surface area contributed by atoms with Crippen molar-refractivity contribution in [1.82, 2.24) is 0 Å². The van der Waals surface area contributed by atoms with Gasteiger partial charge in [0.2, 0.25) is 0 Å². The van der Waals surface area contributed by atoms with Gasteiger partial charge in [0.05, 0.1) is 5.56 Å². The number of ether oxygens (including phenoxy) is 2. The fourth-order valence-corrected chi connectivity index (χ4v) is 2.98. The summed E-state index contributed by atoms with van der Waals surface area (Å²) in [5, 5.41) is 11.5. The van der Waals surface area contributed by atoms with Gasteiger partial charge < -0.3 is 19.0 Å². The number of hydrogen-bond donors (Lipinski definition) is 1. The highest BCUT2D eigenvalue weighted by molar-refractivity contribution is 5.84. The lowest BCUT2D eigenvalue weighted by atomic mass is 9.87. The van der Waals surface area contributed by atoms with Gasteiger partial charge in [-0.25, -0.2) is 9.59 Å². The van der Waals surface area contributed by atoms with Crippen molar-refractivity contribution in [2.45, 2.75) is 45.5 Å². The molecular weight excluding hydrogens is 324 g/mol. The molecule has 1 N–H and O–H groups in total. The summed E-state index contributed by atoms with van der Waals surface area (Å²) in [7, 11) is 0. The second-order valence-electron chi connectivity index (χ2n) is 6.88. The molecule has 6 nitrogen and oxygen atoms in total. The van der Waals surface area contributed by atoms with Crippen LogP contribution in [0.1, 0.15) is 39.4 Å². The van der Waals surface area contributed by atoms with Crippen LogP contribution in [0.5, 0.6) is 5.75 Å². The topological polar surface area (TPSA) is 86.0 Å². The van der Waals surface area contributed by atoms with Crippen molar-refractivity contribution in [3.05, 3.63) is 51.9 Å². The molecule has 3 rings (SSSR count). The number of carbonyl (C=O) groups is 1. The van der Waals surface area contributed by atoms with Gasteiger partial charge in [-0.3, -0.25) is 0 Å². The number of aliphatic hydroxyl groups excluding tert-OH is 1. The van der Waals surface area contributed by atoms with Crippen molar-refractivity contribution in [3.8, 4) is 5.75 Å². The Morgan fingerprint density at radius 1 is 1.24 bits per heavy atom. The van der Waals surface area contributed by atoms with E-state index in [1.807, 2.05) is 0 Å². The molecule has 0 saturated carbocycles. The van der Waals surface area contributed by atoms with E-state index in [9.17, 15) is 14.7 Å². The van der Waals surface area contributed by atoms with Crippen LogP contribution >= 0.6 is 0 Å². The van der Waals surface area contributed by atoms with E-state index in [0.29, 0.717) is 16.7 Å². The smallest absolute Gasteiger partial charge is 0.336 e. The van der Waals surface area contributed by atoms with Gasteiger partial charge >= 0.3 is 11.6 Å². The maximum absolute atomic E-state index is 12.0. The molecule has 132 valence electrons. The summed E-state index contributed by atoms with van der Waals surface area (Å²) in [5.41, 5.74) is -0.164. The summed E-state index contributed by atoms with van der Waals surface area (Å²) in [4.78, 5) is 23.6. The van der Waals surface area contributed by atoms with Crippen LogP contribution in [-0.2, 0) is 9.53 Å². The Kier molecular flexibility index (Phi) is 4.16. The Balaban J connectivity index is 2.11. The van der Waals surface area contributed by atoms with E-state index < -0.39 is 29.4 Å². The van der Waals surface area contributed by atoms with Crippen LogP contribution in [0.2, 0.25) is 0 Å². The average molecular weight is 344 g/mol. The molecule has 2 atom stereocenters. The first-order valence-electron chi connectivity index (χ1n) is 7.98. The van der Waals surface area contributed by atoms with Crippen LogP contribution < -0.4 is 10.4 Å².